The smallest absolute Gasteiger partial charge is 0.387 e. The average molecular weight is 1150 g/mol. The van der Waals surface area contributed by atoms with Crippen molar-refractivity contribution < 1.29 is 104 Å². The lowest BCUT2D eigenvalue weighted by molar-refractivity contribution is -0.646. The van der Waals surface area contributed by atoms with E-state index in [4.69, 9.17) is 53.2 Å². The van der Waals surface area contributed by atoms with E-state index in [0.29, 0.717) is 0 Å². The molecule has 13 N–H and O–H groups in total. The van der Waals surface area contributed by atoms with Crippen LogP contribution in [0.4, 0.5) is 11.8 Å². The van der Waals surface area contributed by atoms with Gasteiger partial charge in [0, 0.05) is 32.4 Å². The summed E-state index contributed by atoms with van der Waals surface area (Å²) in [6.45, 7) is -2.99. The van der Waals surface area contributed by atoms with Crippen molar-refractivity contribution in [2.45, 2.75) is 67.5 Å². The van der Waals surface area contributed by atoms with Gasteiger partial charge in [0.05, 0.1) is 58.2 Å². The average Bonchev–Trinajstić information content (AvgIpc) is 4.13. The maximum absolute atomic E-state index is 13.6. The molecule has 0 amide bonds. The zero-order valence-corrected chi connectivity index (χ0v) is 42.7. The second kappa shape index (κ2) is 22.0. The Morgan fingerprint density at radius 1 is 0.733 bits per heavy atom. The molecule has 3 fully saturated rings. The molecule has 40 heteroatoms. The number of phosphoric ester groups is 2. The third-order valence-electron chi connectivity index (χ3n) is 12.0. The molecule has 0 spiro atoms. The fourth-order valence-corrected chi connectivity index (χ4v) is 14.1. The molecule has 16 atom stereocenters. The summed E-state index contributed by atoms with van der Waals surface area (Å²) in [6.07, 6.45) is -14.9. The van der Waals surface area contributed by atoms with Gasteiger partial charge in [-0.3, -0.25) is 51.4 Å². The van der Waals surface area contributed by atoms with E-state index in [1.54, 1.807) is 0 Å². The lowest BCUT2D eigenvalue weighted by Crippen LogP contribution is -2.38. The predicted molar refractivity (Wildman–Crippen MR) is 246 cm³/mol. The number of ether oxygens (including phenoxy) is 5. The van der Waals surface area contributed by atoms with Crippen molar-refractivity contribution in [2.75, 3.05) is 64.4 Å². The number of anilines is 2. The fraction of sp³-hybridized carbons (Fsp3) is 0.600. The molecule has 0 aromatic carbocycles. The SMILES string of the molecule is COC[C@H]1[C@@H](O)[C@H](n2c[n+](C)c3c(=O)[nH]c(N)nc32)O[C@@H]1COP(=O)(O)CCP(=O)(O)OP(=O)(O)OC[C@H]1O[C@@H](n2cnc3c(N)ncnc32)[C@H](OC)[C@@H]1OP(=O)(O)OC[C@H]1O[C@@H](n2ccc(=O)[nH]c2=O)[C@H](O)[C@@H]1O. The molecule has 75 heavy (non-hydrogen) atoms. The summed E-state index contributed by atoms with van der Waals surface area (Å²) in [6, 6.07) is 0.936. The minimum Gasteiger partial charge on any atom is -0.387 e. The van der Waals surface area contributed by atoms with Gasteiger partial charge in [-0.15, -0.1) is 0 Å². The fourth-order valence-electron chi connectivity index (χ4n) is 8.52. The summed E-state index contributed by atoms with van der Waals surface area (Å²) in [4.78, 5) is 100. The number of aromatic nitrogens is 10. The molecule has 5 aromatic rings. The summed E-state index contributed by atoms with van der Waals surface area (Å²) in [7, 11) is -17.4. The van der Waals surface area contributed by atoms with Crippen molar-refractivity contribution in [3.8, 4) is 0 Å². The van der Waals surface area contributed by atoms with Crippen molar-refractivity contribution >= 4 is 64.9 Å². The predicted octanol–water partition coefficient (Wildman–Crippen LogP) is -3.82. The van der Waals surface area contributed by atoms with E-state index in [9.17, 15) is 67.5 Å². The highest BCUT2D eigenvalue weighted by molar-refractivity contribution is 7.64. The van der Waals surface area contributed by atoms with Crippen LogP contribution in [0.3, 0.4) is 0 Å². The summed E-state index contributed by atoms with van der Waals surface area (Å²) in [5.74, 6) is -1.20. The van der Waals surface area contributed by atoms with Crippen LogP contribution >= 0.6 is 30.8 Å². The van der Waals surface area contributed by atoms with E-state index in [2.05, 4.69) is 29.2 Å². The first-order chi connectivity index (χ1) is 35.2. The molecule has 3 aliphatic heterocycles. The number of fused-ring (bicyclic) bond motifs is 2. The maximum atomic E-state index is 13.6. The molecule has 0 radical (unpaired) electrons. The first kappa shape index (κ1) is 56.6. The third kappa shape index (κ3) is 12.3. The van der Waals surface area contributed by atoms with E-state index in [0.717, 1.165) is 30.3 Å². The summed E-state index contributed by atoms with van der Waals surface area (Å²) in [5.41, 5.74) is 9.54. The minimum absolute atomic E-state index is 0.0354. The minimum atomic E-state index is -5.70. The number of rotatable bonds is 22. The van der Waals surface area contributed by atoms with Gasteiger partial charge in [0.15, 0.2) is 23.9 Å². The normalized spacial score (nSPS) is 30.4. The molecule has 8 heterocycles. The molecule has 3 aliphatic rings. The number of nitrogen functional groups attached to an aromatic ring is 2. The number of aryl methyl sites for hydroxylation is 1. The van der Waals surface area contributed by atoms with Crippen LogP contribution in [0.5, 0.6) is 0 Å². The van der Waals surface area contributed by atoms with Gasteiger partial charge >= 0.3 is 42.1 Å². The zero-order valence-electron chi connectivity index (χ0n) is 39.1. The van der Waals surface area contributed by atoms with Crippen molar-refractivity contribution in [1.82, 2.24) is 43.6 Å². The van der Waals surface area contributed by atoms with Crippen molar-refractivity contribution in [3.05, 3.63) is 62.4 Å². The Hall–Kier alpha value is -4.58. The maximum Gasteiger partial charge on any atom is 0.479 e. The Balaban J connectivity index is 0.915. The highest BCUT2D eigenvalue weighted by Gasteiger charge is 2.53. The lowest BCUT2D eigenvalue weighted by Gasteiger charge is -2.26. The first-order valence-electron chi connectivity index (χ1n) is 21.9. The number of hydrogen-bond donors (Lipinski definition) is 11. The van der Waals surface area contributed by atoms with Crippen LogP contribution in [0.25, 0.3) is 22.3 Å². The number of nitrogens with one attached hydrogen (secondary N) is 2. The van der Waals surface area contributed by atoms with Crippen molar-refractivity contribution in [1.29, 1.82) is 0 Å². The zero-order chi connectivity index (χ0) is 54.5. The van der Waals surface area contributed by atoms with Gasteiger partial charge in [0.1, 0.15) is 54.6 Å². The molecule has 0 aliphatic carbocycles. The van der Waals surface area contributed by atoms with E-state index < -0.39 is 153 Å². The number of hydrogen-bond acceptors (Lipinski definition) is 26. The Bertz CT molecular complexity index is 3280. The molecular formula is C35H51N12O24P4+. The highest BCUT2D eigenvalue weighted by Crippen LogP contribution is 2.62. The van der Waals surface area contributed by atoms with Crippen LogP contribution in [-0.4, -0.2) is 180 Å². The van der Waals surface area contributed by atoms with Gasteiger partial charge in [0.25, 0.3) is 16.7 Å². The lowest BCUT2D eigenvalue weighted by atomic mass is 9.99. The Morgan fingerprint density at radius 2 is 1.39 bits per heavy atom. The molecule has 5 aromatic heterocycles. The van der Waals surface area contributed by atoms with E-state index >= 15 is 0 Å². The number of aliphatic hydroxyl groups excluding tert-OH is 3. The molecule has 0 bridgehead atoms. The molecule has 8 rings (SSSR count). The van der Waals surface area contributed by atoms with E-state index in [1.807, 2.05) is 4.98 Å². The third-order valence-corrected chi connectivity index (χ3v) is 17.8. The monoisotopic (exact) mass is 1150 g/mol. The van der Waals surface area contributed by atoms with Gasteiger partial charge in [-0.25, -0.2) is 37.8 Å². The number of methoxy groups -OCH3 is 2. The molecule has 0 saturated carbocycles. The van der Waals surface area contributed by atoms with Gasteiger partial charge < -0.3 is 74.6 Å². The van der Waals surface area contributed by atoms with Gasteiger partial charge in [-0.1, -0.05) is 0 Å². The number of imidazole rings is 2. The Kier molecular flexibility index (Phi) is 16.6. The number of nitrogens with zero attached hydrogens (tertiary/aromatic N) is 8. The number of aromatic amines is 2. The largest absolute Gasteiger partial charge is 0.479 e. The quantitative estimate of drug-likeness (QED) is 0.0234. The molecular weight excluding hydrogens is 1100 g/mol. The topological polar surface area (TPSA) is 507 Å². The summed E-state index contributed by atoms with van der Waals surface area (Å²) in [5, 5.41) is 32.5. The Labute approximate surface area is 418 Å². The summed E-state index contributed by atoms with van der Waals surface area (Å²) < 4.78 is 112. The number of nitrogens with two attached hydrogens (primary N) is 2. The molecule has 414 valence electrons. The van der Waals surface area contributed by atoms with Crippen LogP contribution in [0, 0.1) is 5.92 Å². The van der Waals surface area contributed by atoms with Crippen LogP contribution < -0.4 is 32.8 Å². The van der Waals surface area contributed by atoms with Gasteiger partial charge in [0.2, 0.25) is 18.5 Å². The molecule has 36 nitrogen and oxygen atoms in total. The van der Waals surface area contributed by atoms with Crippen LogP contribution in [0.2, 0.25) is 0 Å². The number of phosphoric acid groups is 2. The van der Waals surface area contributed by atoms with Crippen LogP contribution in [0.15, 0.2) is 45.6 Å². The van der Waals surface area contributed by atoms with E-state index in [1.165, 1.54) is 40.5 Å². The number of H-pyrrole nitrogens is 2. The van der Waals surface area contributed by atoms with Crippen LogP contribution in [-0.2, 0) is 71.4 Å². The number of aliphatic hydroxyl groups is 3. The standard InChI is InChI=1S/C35H50N12O24P4/c1-44-14-47(29-21(44)30(52)43-34(37)42-29)31-22(49)15(8-62-2)16(67-31)9-64-72(54,55)6-7-73(56,57)71-75(60,61)66-11-18-25(26(63-3)33(69-18)46-13-40-20-27(36)38-12-39-28(20)46)70-74(58,59)65-10-17-23(50)24(51)32(68-17)45-5-4-19(48)41-35(45)53/h4-5,12-18,22-26,31-33,49-51H,6-11H2,1-3H3,(H9-,36,37,38,39,41,42,43,48,52,53,54,55,56,57,58,59,60,61)/p+1/t15-,16-,17-,18-,22-,23-,24-,25-,26-,31-,32-,33-/m1/s1. The van der Waals surface area contributed by atoms with Crippen LogP contribution in [0.1, 0.15) is 18.7 Å². The van der Waals surface area contributed by atoms with Gasteiger partial charge in [-0.2, -0.15) is 9.55 Å². The van der Waals surface area contributed by atoms with Crippen molar-refractivity contribution in [2.24, 2.45) is 13.0 Å². The second-order valence-corrected chi connectivity index (χ2v) is 24.0. The highest BCUT2D eigenvalue weighted by atomic mass is 31.3. The Morgan fingerprint density at radius 3 is 2.09 bits per heavy atom. The second-order valence-electron chi connectivity index (χ2n) is 17.0. The first-order valence-corrected chi connectivity index (χ1v) is 28.4. The van der Waals surface area contributed by atoms with Gasteiger partial charge in [-0.05, 0) is 0 Å². The van der Waals surface area contributed by atoms with E-state index in [-0.39, 0.29) is 40.7 Å². The van der Waals surface area contributed by atoms with Crippen molar-refractivity contribution in [3.63, 3.8) is 0 Å². The summed E-state index contributed by atoms with van der Waals surface area (Å²) >= 11 is 0. The molecule has 4 unspecified atom stereocenters. The molecule has 3 saturated heterocycles.